The van der Waals surface area contributed by atoms with Gasteiger partial charge in [0.05, 0.1) is 16.1 Å². The van der Waals surface area contributed by atoms with Gasteiger partial charge in [-0.1, -0.05) is 62.8 Å². The Morgan fingerprint density at radius 1 is 0.614 bits per heavy atom. The fourth-order valence-corrected chi connectivity index (χ4v) is 4.74. The Morgan fingerprint density at radius 3 is 1.16 bits per heavy atom. The van der Waals surface area contributed by atoms with Crippen molar-refractivity contribution in [2.75, 3.05) is 36.0 Å². The van der Waals surface area contributed by atoms with Crippen LogP contribution in [0.1, 0.15) is 25.7 Å². The fourth-order valence-electron chi connectivity index (χ4n) is 4.74. The van der Waals surface area contributed by atoms with E-state index < -0.39 is 16.1 Å². The average molecular weight is 762 g/mol. The van der Waals surface area contributed by atoms with Gasteiger partial charge in [-0.15, -0.1) is 82.2 Å². The Bertz CT molecular complexity index is 1340. The quantitative estimate of drug-likeness (QED) is 0.153. The number of carbonyl (C=O) groups is 2. The van der Waals surface area contributed by atoms with Crippen LogP contribution in [0.3, 0.4) is 0 Å². The van der Waals surface area contributed by atoms with Gasteiger partial charge in [-0.05, 0) is 25.7 Å². The molecule has 0 unspecified atom stereocenters. The van der Waals surface area contributed by atoms with Gasteiger partial charge in [0, 0.05) is 57.0 Å². The smallest absolute Gasteiger partial charge is 0.672 e. The third-order valence-corrected chi connectivity index (χ3v) is 10.3. The number of fused-ring (bicyclic) bond motifs is 2. The number of carbonyl (C=O) groups excluding carboxylic acids is 2. The molecule has 6 rings (SSSR count). The van der Waals surface area contributed by atoms with Crippen LogP contribution < -0.4 is 9.80 Å². The van der Waals surface area contributed by atoms with E-state index in [-0.39, 0.29) is 57.1 Å². The summed E-state index contributed by atoms with van der Waals surface area (Å²) in [5.74, 6) is 0. The van der Waals surface area contributed by atoms with Crippen molar-refractivity contribution in [3.8, 4) is 0 Å². The maximum atomic E-state index is 10.2. The maximum absolute atomic E-state index is 10.2. The van der Waals surface area contributed by atoms with E-state index in [9.17, 15) is 9.59 Å². The van der Waals surface area contributed by atoms with Crippen LogP contribution in [-0.2, 0) is 26.2 Å². The molecular formula is C34H48GaN4O2Si2Zr. The van der Waals surface area contributed by atoms with Crippen molar-refractivity contribution in [3.05, 3.63) is 84.3 Å². The summed E-state index contributed by atoms with van der Waals surface area (Å²) in [6.45, 7) is 16.1. The topological polar surface area (TPSA) is 88.2 Å². The number of hydrogen-bond donors (Lipinski definition) is 0. The van der Waals surface area contributed by atoms with Crippen molar-refractivity contribution < 1.29 is 35.8 Å². The van der Waals surface area contributed by atoms with Crippen LogP contribution >= 0.6 is 0 Å². The zero-order valence-corrected chi connectivity index (χ0v) is 34.3. The second-order valence-electron chi connectivity index (χ2n) is 13.2. The number of nitrogens with one attached hydrogen (secondary N) is 2. The summed E-state index contributed by atoms with van der Waals surface area (Å²) in [5.41, 5.74) is 15.4. The summed E-state index contributed by atoms with van der Waals surface area (Å²) in [6, 6.07) is 26.3. The summed E-state index contributed by atoms with van der Waals surface area (Å²) in [4.78, 5) is 25.4. The Kier molecular flexibility index (Phi) is 16.7. The zero-order valence-electron chi connectivity index (χ0n) is 27.4. The Labute approximate surface area is 298 Å². The molecule has 2 aliphatic rings. The second-order valence-corrected chi connectivity index (χ2v) is 23.1. The van der Waals surface area contributed by atoms with Crippen molar-refractivity contribution >= 4 is 79.9 Å². The second kappa shape index (κ2) is 18.3. The van der Waals surface area contributed by atoms with Crippen molar-refractivity contribution in [2.45, 2.75) is 65.0 Å². The molecule has 10 heteroatoms. The summed E-state index contributed by atoms with van der Waals surface area (Å²) >= 11 is 0. The molecule has 231 valence electrons. The minimum absolute atomic E-state index is 0. The third kappa shape index (κ3) is 11.8. The van der Waals surface area contributed by atoms with E-state index in [0.29, 0.717) is 0 Å². The molecule has 0 bridgehead atoms. The van der Waals surface area contributed by atoms with E-state index in [0.717, 1.165) is 0 Å². The molecule has 0 saturated carbocycles. The number of rotatable bonds is 4. The molecule has 2 aliphatic heterocycles. The summed E-state index contributed by atoms with van der Waals surface area (Å²) in [7, 11) is -3.41. The monoisotopic (exact) mass is 759 g/mol. The van der Waals surface area contributed by atoms with Crippen molar-refractivity contribution in [1.82, 2.24) is 0 Å². The molecule has 2 N–H and O–H groups in total. The van der Waals surface area contributed by atoms with Gasteiger partial charge in [0.1, 0.15) is 0 Å². The van der Waals surface area contributed by atoms with Gasteiger partial charge in [0.25, 0.3) is 0 Å². The first-order valence-corrected chi connectivity index (χ1v) is 22.1. The van der Waals surface area contributed by atoms with E-state index in [1.165, 1.54) is 84.8 Å². The van der Waals surface area contributed by atoms with Crippen LogP contribution in [0.15, 0.2) is 72.8 Å². The van der Waals surface area contributed by atoms with Gasteiger partial charge in [-0.2, -0.15) is 0 Å². The van der Waals surface area contributed by atoms with Crippen LogP contribution in [-0.4, -0.2) is 73.2 Å². The Hall–Kier alpha value is -1.85. The number of anilines is 2. The molecule has 4 aromatic carbocycles. The number of benzene rings is 2. The molecule has 3 radical (unpaired) electrons. The van der Waals surface area contributed by atoms with Crippen LogP contribution in [0, 0.1) is 0 Å². The number of amides is 2. The molecule has 44 heavy (non-hydrogen) atoms. The third-order valence-electron chi connectivity index (χ3n) is 7.57. The predicted octanol–water partition coefficient (Wildman–Crippen LogP) is 10.1. The van der Waals surface area contributed by atoms with E-state index in [4.69, 9.17) is 11.5 Å². The van der Waals surface area contributed by atoms with Gasteiger partial charge in [-0.25, -0.2) is 0 Å². The first-order chi connectivity index (χ1) is 19.8. The molecule has 2 heterocycles. The minimum atomic E-state index is -1.71. The van der Waals surface area contributed by atoms with Gasteiger partial charge >= 0.3 is 26.2 Å². The van der Waals surface area contributed by atoms with Gasteiger partial charge < -0.3 is 30.9 Å². The average Bonchev–Trinajstić information content (AvgIpc) is 3.74. The first-order valence-electron chi connectivity index (χ1n) is 15.1. The van der Waals surface area contributed by atoms with Gasteiger partial charge in [0.15, 0.2) is 0 Å². The standard InChI is InChI=1S/2C13H14N.2C4H11NOSi.Ga.Zr/c2*1-2-6-12-11(5-1)7-8-13(12)14-9-3-4-10-14;2*1-7(2,3)4(5)6;;/h2*1-2,5-8H,3-4,9-10H2;2*1-3H3,(H2,5,6);;/q2*-1;;;;+4/p-2. The molecule has 4 aromatic rings. The number of nitrogens with zero attached hydrogens (tertiary/aromatic N) is 2. The van der Waals surface area contributed by atoms with Crippen LogP contribution in [0.25, 0.3) is 33.0 Å². The van der Waals surface area contributed by atoms with E-state index in [2.05, 4.69) is 82.6 Å². The van der Waals surface area contributed by atoms with Crippen LogP contribution in [0.5, 0.6) is 0 Å². The van der Waals surface area contributed by atoms with E-state index >= 15 is 0 Å². The van der Waals surface area contributed by atoms with Crippen molar-refractivity contribution in [1.29, 1.82) is 0 Å². The predicted molar refractivity (Wildman–Crippen MR) is 194 cm³/mol. The van der Waals surface area contributed by atoms with E-state index in [1.54, 1.807) is 0 Å². The fraction of sp³-hybridized carbons (Fsp3) is 0.412. The molecule has 2 fully saturated rings. The maximum Gasteiger partial charge on any atom is 4.00 e. The molecule has 2 saturated heterocycles. The zero-order chi connectivity index (χ0) is 30.9. The van der Waals surface area contributed by atoms with E-state index in [1.807, 2.05) is 39.3 Å². The summed E-state index contributed by atoms with van der Waals surface area (Å²) in [5, 5.41) is 5.56. The molecule has 0 spiro atoms. The Balaban J connectivity index is 0.000000306. The van der Waals surface area contributed by atoms with Crippen LogP contribution in [0.4, 0.5) is 21.0 Å². The minimum Gasteiger partial charge on any atom is -0.672 e. The largest absolute Gasteiger partial charge is 4.00 e. The Morgan fingerprint density at radius 2 is 0.886 bits per heavy atom. The SMILES string of the molecule is C[Si](C)(C)C([NH-])=O.C[Si](C)(C)C([NH-])=O.[Ga].[Zr+4].c1ccc2c(N3CCCC3)c[cH-]c2c1.c1ccc2c(N3CCCC3)c[cH-]c2c1. The summed E-state index contributed by atoms with van der Waals surface area (Å²) in [6.07, 6.45) is 5.39. The van der Waals surface area contributed by atoms with Crippen LogP contribution in [0.2, 0.25) is 39.3 Å². The molecular weight excluding hydrogens is 714 g/mol. The molecule has 6 nitrogen and oxygen atoms in total. The summed E-state index contributed by atoms with van der Waals surface area (Å²) < 4.78 is 0. The van der Waals surface area contributed by atoms with Crippen molar-refractivity contribution in [2.24, 2.45) is 0 Å². The molecule has 2 amide bonds. The molecule has 0 aliphatic carbocycles. The molecule has 0 atom stereocenters. The molecule has 0 aromatic heterocycles. The van der Waals surface area contributed by atoms with Gasteiger partial charge in [-0.3, -0.25) is 0 Å². The first kappa shape index (κ1) is 40.2. The van der Waals surface area contributed by atoms with Gasteiger partial charge in [0.2, 0.25) is 0 Å². The normalized spacial score (nSPS) is 14.2. The van der Waals surface area contributed by atoms with Crippen molar-refractivity contribution in [3.63, 3.8) is 0 Å². The number of hydrogen-bond acceptors (Lipinski definition) is 4.